The van der Waals surface area contributed by atoms with Gasteiger partial charge >= 0.3 is 0 Å². The van der Waals surface area contributed by atoms with E-state index in [1.54, 1.807) is 0 Å². The third kappa shape index (κ3) is 1.02. The molecule has 0 aliphatic heterocycles. The van der Waals surface area contributed by atoms with E-state index in [1.807, 2.05) is 0 Å². The SMILES string of the molecule is OC1CC2C[C@@H]3CC1C[C@H](C2)C3. The molecule has 1 nitrogen and oxygen atoms in total. The van der Waals surface area contributed by atoms with Crippen LogP contribution in [-0.2, 0) is 0 Å². The molecule has 0 saturated heterocycles. The maximum Gasteiger partial charge on any atom is 0.0571 e. The van der Waals surface area contributed by atoms with E-state index < -0.39 is 0 Å². The lowest BCUT2D eigenvalue weighted by atomic mass is 9.68. The number of rotatable bonds is 0. The van der Waals surface area contributed by atoms with Crippen molar-refractivity contribution in [1.29, 1.82) is 0 Å². The zero-order valence-electron chi connectivity index (χ0n) is 7.58. The Balaban J connectivity index is 1.91. The molecule has 0 aromatic carbocycles. The third-order valence-corrected chi connectivity index (χ3v) is 4.39. The van der Waals surface area contributed by atoms with Crippen molar-refractivity contribution in [3.05, 3.63) is 0 Å². The summed E-state index contributed by atoms with van der Waals surface area (Å²) in [5.74, 6) is 3.55. The van der Waals surface area contributed by atoms with Crippen molar-refractivity contribution < 1.29 is 5.11 Å². The van der Waals surface area contributed by atoms with E-state index in [0.717, 1.165) is 24.2 Å². The predicted molar refractivity (Wildman–Crippen MR) is 47.7 cm³/mol. The molecule has 4 rings (SSSR count). The fraction of sp³-hybridized carbons (Fsp3) is 1.00. The Bertz CT molecular complexity index is 175. The maximum absolute atomic E-state index is 9.90. The van der Waals surface area contributed by atoms with Crippen LogP contribution in [0.2, 0.25) is 0 Å². The molecule has 0 heterocycles. The smallest absolute Gasteiger partial charge is 0.0571 e. The second-order valence-corrected chi connectivity index (χ2v) is 5.34. The highest BCUT2D eigenvalue weighted by Crippen LogP contribution is 2.51. The van der Waals surface area contributed by atoms with Crippen LogP contribution in [0.3, 0.4) is 0 Å². The van der Waals surface area contributed by atoms with Crippen LogP contribution in [0.4, 0.5) is 0 Å². The van der Waals surface area contributed by atoms with Crippen LogP contribution in [0.25, 0.3) is 0 Å². The van der Waals surface area contributed by atoms with Crippen molar-refractivity contribution in [1.82, 2.24) is 0 Å². The first-order valence-corrected chi connectivity index (χ1v) is 5.49. The molecule has 0 spiro atoms. The molecule has 1 heteroatoms. The molecule has 4 aliphatic carbocycles. The molecule has 4 bridgehead atoms. The van der Waals surface area contributed by atoms with E-state index in [4.69, 9.17) is 0 Å². The average molecular weight is 166 g/mol. The van der Waals surface area contributed by atoms with Gasteiger partial charge in [0, 0.05) is 0 Å². The van der Waals surface area contributed by atoms with Gasteiger partial charge in [-0.15, -0.1) is 0 Å². The summed E-state index contributed by atoms with van der Waals surface area (Å²) in [5.41, 5.74) is 0. The van der Waals surface area contributed by atoms with Gasteiger partial charge in [0.15, 0.2) is 0 Å². The third-order valence-electron chi connectivity index (χ3n) is 4.39. The molecule has 68 valence electrons. The second-order valence-electron chi connectivity index (χ2n) is 5.34. The van der Waals surface area contributed by atoms with Gasteiger partial charge in [-0.2, -0.15) is 0 Å². The summed E-state index contributed by atoms with van der Waals surface area (Å²) in [5, 5.41) is 9.90. The molecule has 12 heavy (non-hydrogen) atoms. The van der Waals surface area contributed by atoms with Crippen LogP contribution in [0.1, 0.15) is 38.5 Å². The van der Waals surface area contributed by atoms with Crippen molar-refractivity contribution in [2.24, 2.45) is 23.7 Å². The quantitative estimate of drug-likeness (QED) is 0.585. The molecule has 3 unspecified atom stereocenters. The lowest BCUT2D eigenvalue weighted by molar-refractivity contribution is 0.0689. The molecule has 4 fully saturated rings. The van der Waals surface area contributed by atoms with E-state index >= 15 is 0 Å². The van der Waals surface area contributed by atoms with Crippen LogP contribution < -0.4 is 0 Å². The van der Waals surface area contributed by atoms with Crippen molar-refractivity contribution in [3.63, 3.8) is 0 Å². The zero-order chi connectivity index (χ0) is 8.13. The summed E-state index contributed by atoms with van der Waals surface area (Å²) >= 11 is 0. The highest BCUT2D eigenvalue weighted by molar-refractivity contribution is 4.93. The molecule has 4 saturated carbocycles. The molecular formula is C11H18O. The second kappa shape index (κ2) is 2.47. The first-order chi connectivity index (χ1) is 5.81. The predicted octanol–water partition coefficient (Wildman–Crippen LogP) is 2.19. The van der Waals surface area contributed by atoms with Gasteiger partial charge in [0.05, 0.1) is 6.10 Å². The first kappa shape index (κ1) is 7.37. The fourth-order valence-electron chi connectivity index (χ4n) is 4.08. The number of hydrogen-bond acceptors (Lipinski definition) is 1. The Morgan fingerprint density at radius 2 is 1.17 bits per heavy atom. The summed E-state index contributed by atoms with van der Waals surface area (Å²) in [6, 6.07) is 0. The highest BCUT2D eigenvalue weighted by atomic mass is 16.3. The first-order valence-electron chi connectivity index (χ1n) is 5.49. The monoisotopic (exact) mass is 166 g/mol. The van der Waals surface area contributed by atoms with Crippen LogP contribution in [0, 0.1) is 23.7 Å². The van der Waals surface area contributed by atoms with Crippen LogP contribution >= 0.6 is 0 Å². The zero-order valence-corrected chi connectivity index (χ0v) is 7.58. The maximum atomic E-state index is 9.90. The fourth-order valence-corrected chi connectivity index (χ4v) is 4.08. The van der Waals surface area contributed by atoms with Gasteiger partial charge in [-0.05, 0) is 62.2 Å². The van der Waals surface area contributed by atoms with E-state index in [-0.39, 0.29) is 6.10 Å². The number of fused-ring (bicyclic) bond motifs is 1. The van der Waals surface area contributed by atoms with Crippen molar-refractivity contribution in [2.75, 3.05) is 0 Å². The Hall–Kier alpha value is -0.0400. The van der Waals surface area contributed by atoms with Crippen LogP contribution in [0.15, 0.2) is 0 Å². The van der Waals surface area contributed by atoms with E-state index in [9.17, 15) is 5.11 Å². The Labute approximate surface area is 74.2 Å². The van der Waals surface area contributed by atoms with E-state index in [0.29, 0.717) is 5.92 Å². The number of hydrogen-bond donors (Lipinski definition) is 1. The average Bonchev–Trinajstić information content (AvgIpc) is 2.16. The summed E-state index contributed by atoms with van der Waals surface area (Å²) in [6.45, 7) is 0. The van der Waals surface area contributed by atoms with Gasteiger partial charge in [-0.1, -0.05) is 0 Å². The molecule has 0 aromatic heterocycles. The Kier molecular flexibility index (Phi) is 1.52. The largest absolute Gasteiger partial charge is 0.393 e. The summed E-state index contributed by atoms with van der Waals surface area (Å²) in [7, 11) is 0. The van der Waals surface area contributed by atoms with Crippen LogP contribution in [-0.4, -0.2) is 11.2 Å². The molecule has 4 aliphatic rings. The molecule has 5 atom stereocenters. The van der Waals surface area contributed by atoms with Gasteiger partial charge in [-0.3, -0.25) is 0 Å². The molecule has 0 amide bonds. The Morgan fingerprint density at radius 3 is 1.75 bits per heavy atom. The summed E-state index contributed by atoms with van der Waals surface area (Å²) in [6.07, 6.45) is 8.22. The van der Waals surface area contributed by atoms with Gasteiger partial charge in [-0.25, -0.2) is 0 Å². The van der Waals surface area contributed by atoms with E-state index in [1.165, 1.54) is 32.1 Å². The summed E-state index contributed by atoms with van der Waals surface area (Å²) < 4.78 is 0. The van der Waals surface area contributed by atoms with Crippen LogP contribution in [0.5, 0.6) is 0 Å². The normalized spacial score (nSPS) is 57.2. The lowest BCUT2D eigenvalue weighted by Gasteiger charge is -2.38. The number of aliphatic hydroxyl groups is 1. The lowest BCUT2D eigenvalue weighted by Crippen LogP contribution is -2.29. The molecule has 0 aromatic rings. The summed E-state index contributed by atoms with van der Waals surface area (Å²) in [4.78, 5) is 0. The van der Waals surface area contributed by atoms with Crippen molar-refractivity contribution >= 4 is 0 Å². The standard InChI is InChI=1S/C11H18O/c12-11-6-9-2-7-1-8(3-9)5-10(11)4-7/h7-12H,1-6H2/t7-,8+,9?,10?,11?. The minimum absolute atomic E-state index is 0.0605. The molecule has 1 N–H and O–H groups in total. The minimum atomic E-state index is 0.0605. The van der Waals surface area contributed by atoms with Gasteiger partial charge < -0.3 is 5.11 Å². The Morgan fingerprint density at radius 1 is 0.667 bits per heavy atom. The van der Waals surface area contributed by atoms with Gasteiger partial charge in [0.1, 0.15) is 0 Å². The van der Waals surface area contributed by atoms with Crippen molar-refractivity contribution in [2.45, 2.75) is 44.6 Å². The van der Waals surface area contributed by atoms with E-state index in [2.05, 4.69) is 0 Å². The van der Waals surface area contributed by atoms with Crippen molar-refractivity contribution in [3.8, 4) is 0 Å². The number of aliphatic hydroxyl groups excluding tert-OH is 1. The molecule has 0 radical (unpaired) electrons. The van der Waals surface area contributed by atoms with Gasteiger partial charge in [0.25, 0.3) is 0 Å². The molecular weight excluding hydrogens is 148 g/mol. The highest BCUT2D eigenvalue weighted by Gasteiger charge is 2.42. The van der Waals surface area contributed by atoms with Gasteiger partial charge in [0.2, 0.25) is 0 Å². The minimum Gasteiger partial charge on any atom is -0.393 e. The topological polar surface area (TPSA) is 20.2 Å².